The zero-order valence-electron chi connectivity index (χ0n) is 15.5. The van der Waals surface area contributed by atoms with Crippen LogP contribution in [0.5, 0.6) is 0 Å². The van der Waals surface area contributed by atoms with Crippen molar-refractivity contribution in [1.82, 2.24) is 9.97 Å². The summed E-state index contributed by atoms with van der Waals surface area (Å²) in [4.78, 5) is 19.9. The van der Waals surface area contributed by atoms with Gasteiger partial charge in [-0.2, -0.15) is 0 Å². The molecule has 1 heterocycles. The Kier molecular flexibility index (Phi) is 5.35. The molecule has 6 heteroatoms. The lowest BCUT2D eigenvalue weighted by Crippen LogP contribution is -2.05. The molecular weight excluding hydrogens is 340 g/mol. The monoisotopic (exact) mass is 362 g/mol. The number of para-hydroxylation sites is 2. The van der Waals surface area contributed by atoms with Crippen molar-refractivity contribution in [2.45, 2.75) is 26.7 Å². The van der Waals surface area contributed by atoms with Gasteiger partial charge in [0.05, 0.1) is 11.3 Å². The highest BCUT2D eigenvalue weighted by Gasteiger charge is 2.12. The van der Waals surface area contributed by atoms with Crippen molar-refractivity contribution >= 4 is 29.0 Å². The maximum atomic E-state index is 11.4. The first kappa shape index (κ1) is 18.4. The van der Waals surface area contributed by atoms with Crippen LogP contribution in [0.2, 0.25) is 0 Å². The summed E-state index contributed by atoms with van der Waals surface area (Å²) < 4.78 is 0. The summed E-state index contributed by atoms with van der Waals surface area (Å²) in [7, 11) is 0. The van der Waals surface area contributed by atoms with Crippen LogP contribution in [0, 0.1) is 6.92 Å². The van der Waals surface area contributed by atoms with E-state index in [1.165, 1.54) is 11.9 Å². The van der Waals surface area contributed by atoms with Crippen molar-refractivity contribution in [3.05, 3.63) is 71.5 Å². The van der Waals surface area contributed by atoms with E-state index in [2.05, 4.69) is 53.5 Å². The van der Waals surface area contributed by atoms with Gasteiger partial charge in [-0.1, -0.05) is 44.2 Å². The molecule has 0 fully saturated rings. The average Bonchev–Trinajstić information content (AvgIpc) is 2.64. The fourth-order valence-electron chi connectivity index (χ4n) is 2.88. The van der Waals surface area contributed by atoms with Gasteiger partial charge in [0.25, 0.3) is 0 Å². The predicted molar refractivity (Wildman–Crippen MR) is 107 cm³/mol. The van der Waals surface area contributed by atoms with Crippen molar-refractivity contribution in [1.29, 1.82) is 0 Å². The van der Waals surface area contributed by atoms with Crippen LogP contribution in [0.3, 0.4) is 0 Å². The number of hydrogen-bond acceptors (Lipinski definition) is 5. The summed E-state index contributed by atoms with van der Waals surface area (Å²) in [5.74, 6) is 0.527. The molecule has 0 atom stereocenters. The number of aromatic carboxylic acids is 1. The second-order valence-corrected chi connectivity index (χ2v) is 6.58. The highest BCUT2D eigenvalue weighted by molar-refractivity contribution is 5.95. The van der Waals surface area contributed by atoms with Gasteiger partial charge in [0.1, 0.15) is 18.0 Å². The van der Waals surface area contributed by atoms with Crippen LogP contribution < -0.4 is 10.6 Å². The van der Waals surface area contributed by atoms with Gasteiger partial charge in [-0.05, 0) is 36.1 Å². The lowest BCUT2D eigenvalue weighted by molar-refractivity contribution is 0.0698. The van der Waals surface area contributed by atoms with E-state index in [4.69, 9.17) is 0 Å². The van der Waals surface area contributed by atoms with Crippen molar-refractivity contribution in [3.63, 3.8) is 0 Å². The minimum absolute atomic E-state index is 0.187. The van der Waals surface area contributed by atoms with Crippen LogP contribution in [-0.4, -0.2) is 21.0 Å². The summed E-state index contributed by atoms with van der Waals surface area (Å²) in [6.45, 7) is 6.35. The molecule has 0 aliphatic heterocycles. The molecule has 0 amide bonds. The van der Waals surface area contributed by atoms with Crippen LogP contribution in [0.1, 0.15) is 41.3 Å². The van der Waals surface area contributed by atoms with Crippen molar-refractivity contribution in [3.8, 4) is 0 Å². The van der Waals surface area contributed by atoms with Gasteiger partial charge >= 0.3 is 5.97 Å². The minimum atomic E-state index is -0.994. The minimum Gasteiger partial charge on any atom is -0.478 e. The number of rotatable bonds is 6. The summed E-state index contributed by atoms with van der Waals surface area (Å²) in [5, 5.41) is 15.8. The van der Waals surface area contributed by atoms with E-state index < -0.39 is 5.97 Å². The fraction of sp³-hybridized carbons (Fsp3) is 0.190. The Hall–Kier alpha value is -3.41. The predicted octanol–water partition coefficient (Wildman–Crippen LogP) is 5.09. The van der Waals surface area contributed by atoms with Crippen molar-refractivity contribution in [2.24, 2.45) is 0 Å². The second-order valence-electron chi connectivity index (χ2n) is 6.58. The molecule has 0 bridgehead atoms. The first-order chi connectivity index (χ1) is 13.0. The smallest absolute Gasteiger partial charge is 0.337 e. The molecule has 3 N–H and O–H groups in total. The van der Waals surface area contributed by atoms with Crippen molar-refractivity contribution in [2.75, 3.05) is 10.6 Å². The van der Waals surface area contributed by atoms with Gasteiger partial charge in [-0.15, -0.1) is 0 Å². The van der Waals surface area contributed by atoms with E-state index in [0.29, 0.717) is 23.2 Å². The normalized spacial score (nSPS) is 10.7. The zero-order chi connectivity index (χ0) is 19.4. The first-order valence-corrected chi connectivity index (χ1v) is 8.73. The molecule has 6 nitrogen and oxygen atoms in total. The molecule has 0 radical (unpaired) electrons. The molecule has 0 saturated carbocycles. The number of carboxylic acid groups (broad SMARTS) is 1. The number of hydrogen-bond donors (Lipinski definition) is 3. The largest absolute Gasteiger partial charge is 0.478 e. The lowest BCUT2D eigenvalue weighted by atomic mass is 9.98. The van der Waals surface area contributed by atoms with Crippen LogP contribution in [-0.2, 0) is 0 Å². The SMILES string of the molecule is Cc1cccc(C(C)C)c1Nc1cc(Nc2ccccc2C(=O)O)ncn1. The zero-order valence-corrected chi connectivity index (χ0v) is 15.5. The van der Waals surface area contributed by atoms with Crippen LogP contribution in [0.4, 0.5) is 23.0 Å². The molecule has 2 aromatic carbocycles. The Morgan fingerprint density at radius 2 is 1.70 bits per heavy atom. The Bertz CT molecular complexity index is 970. The van der Waals surface area contributed by atoms with Gasteiger partial charge in [-0.3, -0.25) is 0 Å². The van der Waals surface area contributed by atoms with E-state index in [0.717, 1.165) is 11.3 Å². The highest BCUT2D eigenvalue weighted by Crippen LogP contribution is 2.30. The Labute approximate surface area is 158 Å². The molecule has 0 saturated heterocycles. The molecule has 0 aliphatic carbocycles. The molecule has 0 spiro atoms. The molecular formula is C21H22N4O2. The maximum Gasteiger partial charge on any atom is 0.337 e. The number of carbonyl (C=O) groups is 1. The van der Waals surface area contributed by atoms with Crippen LogP contribution in [0.25, 0.3) is 0 Å². The van der Waals surface area contributed by atoms with E-state index in [9.17, 15) is 9.90 Å². The van der Waals surface area contributed by atoms with Gasteiger partial charge in [0.15, 0.2) is 0 Å². The van der Waals surface area contributed by atoms with Gasteiger partial charge in [-0.25, -0.2) is 14.8 Å². The van der Waals surface area contributed by atoms with Crippen LogP contribution >= 0.6 is 0 Å². The van der Waals surface area contributed by atoms with E-state index in [-0.39, 0.29) is 5.56 Å². The quantitative estimate of drug-likeness (QED) is 0.566. The molecule has 1 aromatic heterocycles. The average molecular weight is 362 g/mol. The lowest BCUT2D eigenvalue weighted by Gasteiger charge is -2.17. The summed E-state index contributed by atoms with van der Waals surface area (Å²) >= 11 is 0. The van der Waals surface area contributed by atoms with E-state index in [1.54, 1.807) is 30.3 Å². The van der Waals surface area contributed by atoms with Crippen molar-refractivity contribution < 1.29 is 9.90 Å². The summed E-state index contributed by atoms with van der Waals surface area (Å²) in [6, 6.07) is 14.7. The van der Waals surface area contributed by atoms with E-state index in [1.807, 2.05) is 6.07 Å². The Morgan fingerprint density at radius 3 is 2.41 bits per heavy atom. The first-order valence-electron chi connectivity index (χ1n) is 8.73. The number of anilines is 4. The van der Waals surface area contributed by atoms with Crippen LogP contribution in [0.15, 0.2) is 54.9 Å². The number of nitrogens with one attached hydrogen (secondary N) is 2. The second kappa shape index (κ2) is 7.86. The third-order valence-corrected chi connectivity index (χ3v) is 4.27. The van der Waals surface area contributed by atoms with Gasteiger partial charge < -0.3 is 15.7 Å². The summed E-state index contributed by atoms with van der Waals surface area (Å²) in [6.07, 6.45) is 1.45. The standard InChI is InChI=1S/C21H22N4O2/c1-13(2)15-9-6-7-14(3)20(15)25-19-11-18(22-12-23-19)24-17-10-5-4-8-16(17)21(26)27/h4-13H,1-3H3,(H,26,27)(H2,22,23,24,25). The third kappa shape index (κ3) is 4.23. The molecule has 138 valence electrons. The number of benzene rings is 2. The Balaban J connectivity index is 1.89. The molecule has 0 aliphatic rings. The molecule has 0 unspecified atom stereocenters. The maximum absolute atomic E-state index is 11.4. The highest BCUT2D eigenvalue weighted by atomic mass is 16.4. The third-order valence-electron chi connectivity index (χ3n) is 4.27. The van der Waals surface area contributed by atoms with Gasteiger partial charge in [0, 0.05) is 11.8 Å². The molecule has 27 heavy (non-hydrogen) atoms. The van der Waals surface area contributed by atoms with Gasteiger partial charge in [0.2, 0.25) is 0 Å². The topological polar surface area (TPSA) is 87.1 Å². The number of aromatic nitrogens is 2. The number of carboxylic acids is 1. The number of nitrogens with zero attached hydrogens (tertiary/aromatic N) is 2. The molecule has 3 aromatic rings. The molecule has 3 rings (SSSR count). The summed E-state index contributed by atoms with van der Waals surface area (Å²) in [5.41, 5.74) is 4.04. The van der Waals surface area contributed by atoms with E-state index >= 15 is 0 Å². The Morgan fingerprint density at radius 1 is 1.00 bits per heavy atom. The number of aryl methyl sites for hydroxylation is 1. The fourth-order valence-corrected chi connectivity index (χ4v) is 2.88.